The third-order valence-corrected chi connectivity index (χ3v) is 6.27. The smallest absolute Gasteiger partial charge is 0.307 e. The van der Waals surface area contributed by atoms with Crippen LogP contribution in [0, 0.1) is 0 Å². The maximum Gasteiger partial charge on any atom is 0.307 e. The Hall–Kier alpha value is -0.393. The molecule has 0 amide bonds. The number of rotatable bonds is 14. The highest BCUT2D eigenvalue weighted by atomic mass is 28.4. The van der Waals surface area contributed by atoms with Gasteiger partial charge in [0.05, 0.1) is 13.0 Å². The van der Waals surface area contributed by atoms with Crippen molar-refractivity contribution in [1.82, 2.24) is 4.90 Å². The molecule has 5 heteroatoms. The zero-order valence-electron chi connectivity index (χ0n) is 15.5. The van der Waals surface area contributed by atoms with Gasteiger partial charge in [0.2, 0.25) is 0 Å². The molecule has 0 aromatic heterocycles. The Bertz CT molecular complexity index is 285. The summed E-state index contributed by atoms with van der Waals surface area (Å²) in [4.78, 5) is 13.8. The molecule has 0 saturated heterocycles. The van der Waals surface area contributed by atoms with Crippen LogP contribution in [0.25, 0.3) is 0 Å². The van der Waals surface area contributed by atoms with E-state index in [1.165, 1.54) is 6.42 Å². The van der Waals surface area contributed by atoms with Crippen molar-refractivity contribution in [3.05, 3.63) is 0 Å². The summed E-state index contributed by atoms with van der Waals surface area (Å²) in [6.07, 6.45) is 6.00. The number of unbranched alkanes of at least 4 members (excludes halogenated alkanes) is 2. The highest BCUT2D eigenvalue weighted by molar-refractivity contribution is 6.71. The second kappa shape index (κ2) is 13.1. The van der Waals surface area contributed by atoms with Crippen LogP contribution in [0.2, 0.25) is 19.1 Å². The Morgan fingerprint density at radius 2 is 1.73 bits per heavy atom. The van der Waals surface area contributed by atoms with Gasteiger partial charge in [-0.2, -0.15) is 0 Å². The van der Waals surface area contributed by atoms with Gasteiger partial charge in [0.1, 0.15) is 0 Å². The minimum Gasteiger partial charge on any atom is -0.466 e. The minimum absolute atomic E-state index is 0.0707. The largest absolute Gasteiger partial charge is 0.466 e. The van der Waals surface area contributed by atoms with Crippen molar-refractivity contribution >= 4 is 14.3 Å². The summed E-state index contributed by atoms with van der Waals surface area (Å²) in [7, 11) is 0.540. The van der Waals surface area contributed by atoms with Gasteiger partial charge in [-0.3, -0.25) is 4.79 Å². The number of carbonyl (C=O) groups excluding carboxylic acids is 1. The van der Waals surface area contributed by atoms with E-state index in [9.17, 15) is 4.79 Å². The molecule has 4 nitrogen and oxygen atoms in total. The number of esters is 1. The first-order chi connectivity index (χ1) is 10.4. The highest BCUT2D eigenvalue weighted by Gasteiger charge is 2.21. The summed E-state index contributed by atoms with van der Waals surface area (Å²) < 4.78 is 11.3. The lowest BCUT2D eigenvalue weighted by molar-refractivity contribution is -0.144. The van der Waals surface area contributed by atoms with Gasteiger partial charge in [-0.25, -0.2) is 0 Å². The zero-order valence-corrected chi connectivity index (χ0v) is 16.5. The van der Waals surface area contributed by atoms with Crippen molar-refractivity contribution < 1.29 is 14.0 Å². The van der Waals surface area contributed by atoms with E-state index < -0.39 is 8.32 Å². The molecule has 0 aliphatic carbocycles. The van der Waals surface area contributed by atoms with E-state index in [0.29, 0.717) is 13.0 Å². The molecule has 0 saturated carbocycles. The van der Waals surface area contributed by atoms with Gasteiger partial charge in [0.15, 0.2) is 8.32 Å². The van der Waals surface area contributed by atoms with Crippen LogP contribution >= 0.6 is 0 Å². The Morgan fingerprint density at radius 3 is 2.36 bits per heavy atom. The fourth-order valence-corrected chi connectivity index (χ4v) is 4.19. The van der Waals surface area contributed by atoms with Crippen molar-refractivity contribution in [3.8, 4) is 0 Å². The van der Waals surface area contributed by atoms with E-state index in [0.717, 1.165) is 51.4 Å². The van der Waals surface area contributed by atoms with Gasteiger partial charge in [-0.15, -0.1) is 0 Å². The molecule has 0 aromatic carbocycles. The Kier molecular flexibility index (Phi) is 12.8. The predicted molar refractivity (Wildman–Crippen MR) is 95.7 cm³/mol. The van der Waals surface area contributed by atoms with Crippen LogP contribution in [-0.4, -0.2) is 52.5 Å². The molecule has 0 bridgehead atoms. The van der Waals surface area contributed by atoms with Crippen LogP contribution in [0.15, 0.2) is 0 Å². The lowest BCUT2D eigenvalue weighted by Gasteiger charge is -2.22. The van der Waals surface area contributed by atoms with E-state index in [1.54, 1.807) is 0 Å². The van der Waals surface area contributed by atoms with E-state index in [4.69, 9.17) is 9.16 Å². The lowest BCUT2D eigenvalue weighted by Crippen LogP contribution is -2.30. The van der Waals surface area contributed by atoms with Crippen LogP contribution in [0.1, 0.15) is 52.4 Å². The summed E-state index contributed by atoms with van der Waals surface area (Å²) in [5.74, 6) is -0.0707. The third kappa shape index (κ3) is 13.3. The standard InChI is InChI=1S/C17H37NO3Si/c1-6-8-15-21-22(4,5)16-10-9-14-20-17(19)11-13-18(3)12-7-2/h6-16H2,1-5H3. The second-order valence-electron chi connectivity index (χ2n) is 6.69. The molecule has 0 atom stereocenters. The SMILES string of the molecule is CCCCO[Si](C)(C)CCCCOC(=O)CCN(C)CCC. The van der Waals surface area contributed by atoms with E-state index in [-0.39, 0.29) is 5.97 Å². The van der Waals surface area contributed by atoms with Crippen molar-refractivity contribution in [2.75, 3.05) is 33.4 Å². The Morgan fingerprint density at radius 1 is 1.00 bits per heavy atom. The first-order valence-corrected chi connectivity index (χ1v) is 12.0. The number of carbonyl (C=O) groups is 1. The summed E-state index contributed by atoms with van der Waals surface area (Å²) >= 11 is 0. The van der Waals surface area contributed by atoms with Gasteiger partial charge >= 0.3 is 5.97 Å². The van der Waals surface area contributed by atoms with Crippen LogP contribution in [-0.2, 0) is 14.0 Å². The van der Waals surface area contributed by atoms with E-state index >= 15 is 0 Å². The average molecular weight is 332 g/mol. The monoisotopic (exact) mass is 331 g/mol. The normalized spacial score (nSPS) is 11.9. The molecule has 0 spiro atoms. The predicted octanol–water partition coefficient (Wildman–Crippen LogP) is 4.06. The van der Waals surface area contributed by atoms with Crippen molar-refractivity contribution in [3.63, 3.8) is 0 Å². The summed E-state index contributed by atoms with van der Waals surface area (Å²) in [5, 5.41) is 0. The van der Waals surface area contributed by atoms with Crippen molar-refractivity contribution in [2.24, 2.45) is 0 Å². The summed E-state index contributed by atoms with van der Waals surface area (Å²) in [6.45, 7) is 12.2. The number of hydrogen-bond acceptors (Lipinski definition) is 4. The van der Waals surface area contributed by atoms with Crippen molar-refractivity contribution in [2.45, 2.75) is 71.5 Å². The molecule has 0 aliphatic heterocycles. The first-order valence-electron chi connectivity index (χ1n) is 8.89. The molecule has 0 aliphatic rings. The van der Waals surface area contributed by atoms with Crippen LogP contribution in [0.5, 0.6) is 0 Å². The lowest BCUT2D eigenvalue weighted by atomic mass is 10.3. The quantitative estimate of drug-likeness (QED) is 0.273. The van der Waals surface area contributed by atoms with Gasteiger partial charge < -0.3 is 14.1 Å². The molecule has 22 heavy (non-hydrogen) atoms. The maximum atomic E-state index is 11.6. The molecule has 132 valence electrons. The molecule has 0 N–H and O–H groups in total. The topological polar surface area (TPSA) is 38.8 Å². The molecular weight excluding hydrogens is 294 g/mol. The molecule has 0 fully saturated rings. The maximum absolute atomic E-state index is 11.6. The summed E-state index contributed by atoms with van der Waals surface area (Å²) in [5.41, 5.74) is 0. The van der Waals surface area contributed by atoms with E-state index in [1.807, 2.05) is 7.05 Å². The molecule has 0 aromatic rings. The molecule has 0 radical (unpaired) electrons. The molecule has 0 heterocycles. The Labute approximate surface area is 138 Å². The van der Waals surface area contributed by atoms with Crippen LogP contribution in [0.4, 0.5) is 0 Å². The van der Waals surface area contributed by atoms with Gasteiger partial charge in [0, 0.05) is 13.2 Å². The van der Waals surface area contributed by atoms with Gasteiger partial charge in [-0.1, -0.05) is 26.7 Å². The molecule has 0 unspecified atom stereocenters. The fraction of sp³-hybridized carbons (Fsp3) is 0.941. The van der Waals surface area contributed by atoms with Gasteiger partial charge in [0.25, 0.3) is 0 Å². The summed E-state index contributed by atoms with van der Waals surface area (Å²) in [6, 6.07) is 1.15. The van der Waals surface area contributed by atoms with Crippen LogP contribution in [0.3, 0.4) is 0 Å². The second-order valence-corrected chi connectivity index (χ2v) is 11.0. The minimum atomic E-state index is -1.50. The van der Waals surface area contributed by atoms with Crippen LogP contribution < -0.4 is 0 Å². The van der Waals surface area contributed by atoms with E-state index in [2.05, 4.69) is 31.8 Å². The van der Waals surface area contributed by atoms with Gasteiger partial charge in [-0.05, 0) is 52.0 Å². The van der Waals surface area contributed by atoms with Crippen molar-refractivity contribution in [1.29, 1.82) is 0 Å². The Balaban J connectivity index is 3.57. The first kappa shape index (κ1) is 21.6. The number of nitrogens with zero attached hydrogens (tertiary/aromatic N) is 1. The average Bonchev–Trinajstić information content (AvgIpc) is 2.45. The molecule has 0 rings (SSSR count). The highest BCUT2D eigenvalue weighted by Crippen LogP contribution is 2.15. The number of hydrogen-bond donors (Lipinski definition) is 0. The zero-order chi connectivity index (χ0) is 16.8. The fourth-order valence-electron chi connectivity index (χ4n) is 2.25. The number of ether oxygens (including phenoxy) is 1. The third-order valence-electron chi connectivity index (χ3n) is 3.73. The molecular formula is C17H37NO3Si.